The molecule has 7 heteroatoms. The Morgan fingerprint density at radius 3 is 2.26 bits per heavy atom. The largest absolute Gasteiger partial charge is 0.449 e. The third kappa shape index (κ3) is 6.09. The minimum Gasteiger partial charge on any atom is -0.449 e. The summed E-state index contributed by atoms with van der Waals surface area (Å²) < 4.78 is 10.9. The summed E-state index contributed by atoms with van der Waals surface area (Å²) in [7, 11) is 0. The monoisotopic (exact) mass is 386 g/mol. The van der Waals surface area contributed by atoms with Crippen LogP contribution in [0.1, 0.15) is 45.2 Å². The van der Waals surface area contributed by atoms with Crippen LogP contribution in [0, 0.1) is 0 Å². The average Bonchev–Trinajstić information content (AvgIpc) is 2.52. The van der Waals surface area contributed by atoms with E-state index in [1.807, 2.05) is 31.2 Å². The molecule has 1 unspecified atom stereocenters. The van der Waals surface area contributed by atoms with Gasteiger partial charge < -0.3 is 9.47 Å². The van der Waals surface area contributed by atoms with Crippen LogP contribution in [0.3, 0.4) is 0 Å². The van der Waals surface area contributed by atoms with Gasteiger partial charge in [-0.3, -0.25) is 0 Å². The predicted molar refractivity (Wildman–Crippen MR) is 90.8 cm³/mol. The topological polar surface area (TPSA) is 67.9 Å². The summed E-state index contributed by atoms with van der Waals surface area (Å²) in [5, 5.41) is 1.20. The van der Waals surface area contributed by atoms with Crippen molar-refractivity contribution >= 4 is 28.1 Å². The van der Waals surface area contributed by atoms with Crippen LogP contribution in [-0.2, 0) is 9.47 Å². The summed E-state index contributed by atoms with van der Waals surface area (Å²) in [6, 6.07) is 7.26. The Morgan fingerprint density at radius 2 is 1.74 bits per heavy atom. The molecule has 0 heterocycles. The van der Waals surface area contributed by atoms with Crippen molar-refractivity contribution in [1.29, 1.82) is 0 Å². The van der Waals surface area contributed by atoms with Gasteiger partial charge >= 0.3 is 12.2 Å². The van der Waals surface area contributed by atoms with Crippen molar-refractivity contribution in [3.8, 4) is 0 Å². The fraction of sp³-hybridized carbons (Fsp3) is 0.500. The molecule has 0 bridgehead atoms. The molecule has 0 radical (unpaired) electrons. The normalized spacial score (nSPS) is 11.5. The lowest BCUT2D eigenvalue weighted by Crippen LogP contribution is -2.48. The molecule has 1 rings (SSSR count). The second-order valence-electron chi connectivity index (χ2n) is 4.76. The van der Waals surface area contributed by atoms with Crippen LogP contribution in [0.2, 0.25) is 0 Å². The maximum Gasteiger partial charge on any atom is 0.429 e. The molecule has 1 aromatic carbocycles. The van der Waals surface area contributed by atoms with Crippen LogP contribution in [0.4, 0.5) is 9.59 Å². The molecule has 2 amide bonds. The van der Waals surface area contributed by atoms with Gasteiger partial charge in [0.2, 0.25) is 0 Å². The van der Waals surface area contributed by atoms with E-state index in [1.54, 1.807) is 13.8 Å². The lowest BCUT2D eigenvalue weighted by molar-refractivity contribution is 0.0525. The molecule has 0 fully saturated rings. The summed E-state index contributed by atoms with van der Waals surface area (Å²) >= 11 is 3.39. The van der Waals surface area contributed by atoms with E-state index in [0.717, 1.165) is 16.5 Å². The van der Waals surface area contributed by atoms with Crippen molar-refractivity contribution in [2.45, 2.75) is 39.7 Å². The number of carbonyl (C=O) groups is 2. The summed E-state index contributed by atoms with van der Waals surface area (Å²) in [5.41, 5.74) is 3.39. The highest BCUT2D eigenvalue weighted by Crippen LogP contribution is 2.26. The van der Waals surface area contributed by atoms with Crippen LogP contribution in [0.15, 0.2) is 28.7 Å². The highest BCUT2D eigenvalue weighted by atomic mass is 79.9. The van der Waals surface area contributed by atoms with Gasteiger partial charge in [0.15, 0.2) is 0 Å². The van der Waals surface area contributed by atoms with Gasteiger partial charge in [0, 0.05) is 4.47 Å². The number of rotatable bonds is 6. The third-order valence-electron chi connectivity index (χ3n) is 3.08. The first-order valence-electron chi connectivity index (χ1n) is 7.68. The predicted octanol–water partition coefficient (Wildman–Crippen LogP) is 4.41. The SMILES string of the molecule is CCCC(c1ccc(Br)cc1)N(NC(=O)OCC)C(=O)OCC. The number of hydrazine groups is 1. The first kappa shape index (κ1) is 19.3. The number of amides is 2. The van der Waals surface area contributed by atoms with Crippen molar-refractivity contribution in [2.75, 3.05) is 13.2 Å². The van der Waals surface area contributed by atoms with E-state index < -0.39 is 12.2 Å². The van der Waals surface area contributed by atoms with E-state index in [-0.39, 0.29) is 19.3 Å². The smallest absolute Gasteiger partial charge is 0.429 e. The van der Waals surface area contributed by atoms with Gasteiger partial charge in [-0.15, -0.1) is 0 Å². The fourth-order valence-electron chi connectivity index (χ4n) is 2.11. The van der Waals surface area contributed by atoms with E-state index >= 15 is 0 Å². The number of ether oxygens (including phenoxy) is 2. The van der Waals surface area contributed by atoms with Crippen LogP contribution >= 0.6 is 15.9 Å². The quantitative estimate of drug-likeness (QED) is 0.735. The molecule has 23 heavy (non-hydrogen) atoms. The molecule has 0 aliphatic heterocycles. The number of carbonyl (C=O) groups excluding carboxylic acids is 2. The minimum atomic E-state index is -0.682. The fourth-order valence-corrected chi connectivity index (χ4v) is 2.37. The number of benzene rings is 1. The van der Waals surface area contributed by atoms with E-state index in [2.05, 4.69) is 21.4 Å². The van der Waals surface area contributed by atoms with Crippen molar-refractivity contribution in [1.82, 2.24) is 10.4 Å². The molecular formula is C16H23BrN2O4. The first-order chi connectivity index (χ1) is 11.0. The van der Waals surface area contributed by atoms with Crippen molar-refractivity contribution in [2.24, 2.45) is 0 Å². The van der Waals surface area contributed by atoms with Crippen molar-refractivity contribution < 1.29 is 19.1 Å². The zero-order valence-electron chi connectivity index (χ0n) is 13.7. The molecule has 0 spiro atoms. The highest BCUT2D eigenvalue weighted by molar-refractivity contribution is 9.10. The van der Waals surface area contributed by atoms with Crippen LogP contribution < -0.4 is 5.43 Å². The molecule has 0 aliphatic carbocycles. The molecule has 0 saturated carbocycles. The maximum atomic E-state index is 12.3. The Bertz CT molecular complexity index is 507. The Kier molecular flexibility index (Phi) is 8.47. The molecule has 0 saturated heterocycles. The molecule has 6 nitrogen and oxygen atoms in total. The standard InChI is InChI=1S/C16H23BrN2O4/c1-4-7-14(12-8-10-13(17)11-9-12)19(16(21)23-6-3)18-15(20)22-5-2/h8-11,14H,4-7H2,1-3H3,(H,18,20). The minimum absolute atomic E-state index is 0.221. The van der Waals surface area contributed by atoms with E-state index in [1.165, 1.54) is 5.01 Å². The van der Waals surface area contributed by atoms with Crippen molar-refractivity contribution in [3.05, 3.63) is 34.3 Å². The summed E-state index contributed by atoms with van der Waals surface area (Å²) in [4.78, 5) is 24.0. The number of hydrogen-bond donors (Lipinski definition) is 1. The Balaban J connectivity index is 3.07. The van der Waals surface area contributed by atoms with Gasteiger partial charge in [-0.1, -0.05) is 41.4 Å². The average molecular weight is 387 g/mol. The molecule has 1 aromatic rings. The molecule has 0 aromatic heterocycles. The van der Waals surface area contributed by atoms with Gasteiger partial charge in [-0.05, 0) is 38.0 Å². The lowest BCUT2D eigenvalue weighted by Gasteiger charge is -2.30. The third-order valence-corrected chi connectivity index (χ3v) is 3.61. The summed E-state index contributed by atoms with van der Waals surface area (Å²) in [5.74, 6) is 0. The van der Waals surface area contributed by atoms with E-state index in [0.29, 0.717) is 6.42 Å². The Labute approximate surface area is 145 Å². The second-order valence-corrected chi connectivity index (χ2v) is 5.67. The zero-order valence-corrected chi connectivity index (χ0v) is 15.3. The van der Waals surface area contributed by atoms with Gasteiger partial charge in [-0.2, -0.15) is 0 Å². The van der Waals surface area contributed by atoms with E-state index in [4.69, 9.17) is 9.47 Å². The van der Waals surface area contributed by atoms with Crippen molar-refractivity contribution in [3.63, 3.8) is 0 Å². The van der Waals surface area contributed by atoms with Crippen LogP contribution in [0.5, 0.6) is 0 Å². The molecule has 1 N–H and O–H groups in total. The van der Waals surface area contributed by atoms with Gasteiger partial charge in [0.25, 0.3) is 0 Å². The first-order valence-corrected chi connectivity index (χ1v) is 8.47. The number of nitrogens with one attached hydrogen (secondary N) is 1. The molecular weight excluding hydrogens is 364 g/mol. The molecule has 128 valence electrons. The van der Waals surface area contributed by atoms with Crippen LogP contribution in [0.25, 0.3) is 0 Å². The summed E-state index contributed by atoms with van der Waals surface area (Å²) in [6.07, 6.45) is 0.217. The van der Waals surface area contributed by atoms with Crippen LogP contribution in [-0.4, -0.2) is 30.4 Å². The van der Waals surface area contributed by atoms with E-state index in [9.17, 15) is 9.59 Å². The Morgan fingerprint density at radius 1 is 1.13 bits per heavy atom. The number of nitrogens with zero attached hydrogens (tertiary/aromatic N) is 1. The lowest BCUT2D eigenvalue weighted by atomic mass is 10.0. The number of hydrogen-bond acceptors (Lipinski definition) is 4. The van der Waals surface area contributed by atoms with Gasteiger partial charge in [0.1, 0.15) is 0 Å². The molecule has 0 aliphatic rings. The highest BCUT2D eigenvalue weighted by Gasteiger charge is 2.28. The second kappa shape index (κ2) is 10.1. The maximum absolute atomic E-state index is 12.3. The zero-order chi connectivity index (χ0) is 17.2. The number of halogens is 1. The van der Waals surface area contributed by atoms with Gasteiger partial charge in [0.05, 0.1) is 19.3 Å². The van der Waals surface area contributed by atoms with Gasteiger partial charge in [-0.25, -0.2) is 20.0 Å². The molecule has 1 atom stereocenters. The summed E-state index contributed by atoms with van der Waals surface area (Å²) in [6.45, 7) is 5.87. The Hall–Kier alpha value is -1.76.